The summed E-state index contributed by atoms with van der Waals surface area (Å²) in [6.45, 7) is 33.9. The molecule has 1 saturated heterocycles. The largest absolute Gasteiger partial charge is 0.481 e. The van der Waals surface area contributed by atoms with Crippen LogP contribution in [0.2, 0.25) is 0 Å². The first-order valence-corrected chi connectivity index (χ1v) is 20.8. The molecule has 1 fully saturated rings. The Bertz CT molecular complexity index is 1350. The Morgan fingerprint density at radius 2 is 1.51 bits per heavy atom. The van der Waals surface area contributed by atoms with Gasteiger partial charge in [-0.05, 0) is 93.4 Å². The first kappa shape index (κ1) is 46.9. The van der Waals surface area contributed by atoms with E-state index in [0.717, 1.165) is 25.7 Å². The number of benzene rings is 1. The Morgan fingerprint density at radius 3 is 2.00 bits per heavy atom. The quantitative estimate of drug-likeness (QED) is 0.125. The molecule has 0 saturated carbocycles. The van der Waals surface area contributed by atoms with Crippen molar-refractivity contribution < 1.29 is 29.1 Å². The number of hydroxylamine groups is 2. The summed E-state index contributed by atoms with van der Waals surface area (Å²) in [5, 5.41) is 13.0. The van der Waals surface area contributed by atoms with Crippen molar-refractivity contribution in [3.05, 3.63) is 35.9 Å². The molecule has 2 rings (SSSR count). The second-order valence-electron chi connectivity index (χ2n) is 19.5. The van der Waals surface area contributed by atoms with Crippen LogP contribution in [-0.4, -0.2) is 51.2 Å². The van der Waals surface area contributed by atoms with E-state index in [-0.39, 0.29) is 35.4 Å². The average Bonchev–Trinajstić information content (AvgIpc) is 3.10. The van der Waals surface area contributed by atoms with E-state index in [0.29, 0.717) is 38.2 Å². The maximum atomic E-state index is 14.5. The van der Waals surface area contributed by atoms with Gasteiger partial charge >= 0.3 is 11.9 Å². The molecular formula is C46H79NO6. The van der Waals surface area contributed by atoms with Crippen LogP contribution >= 0.6 is 0 Å². The van der Waals surface area contributed by atoms with Crippen LogP contribution in [0, 0.1) is 39.9 Å². The van der Waals surface area contributed by atoms with Crippen LogP contribution in [0.5, 0.6) is 0 Å². The summed E-state index contributed by atoms with van der Waals surface area (Å²) in [5.41, 5.74) is -2.64. The fourth-order valence-corrected chi connectivity index (χ4v) is 8.57. The van der Waals surface area contributed by atoms with Crippen molar-refractivity contribution in [2.45, 2.75) is 191 Å². The molecule has 0 bridgehead atoms. The maximum absolute atomic E-state index is 14.5. The summed E-state index contributed by atoms with van der Waals surface area (Å²) in [5.74, 6) is -2.08. The highest BCUT2D eigenvalue weighted by atomic mass is 16.7. The molecule has 304 valence electrons. The number of aliphatic carboxylic acids is 1. The van der Waals surface area contributed by atoms with Crippen LogP contribution in [-0.2, 0) is 24.0 Å². The zero-order valence-corrected chi connectivity index (χ0v) is 36.8. The molecule has 0 aliphatic carbocycles. The normalized spacial score (nSPS) is 24.4. The number of nitrogens with zero attached hydrogens (tertiary/aromatic N) is 1. The molecule has 1 aliphatic heterocycles. The second-order valence-corrected chi connectivity index (χ2v) is 19.5. The van der Waals surface area contributed by atoms with Gasteiger partial charge in [-0.25, -0.2) is 0 Å². The predicted octanol–water partition coefficient (Wildman–Crippen LogP) is 11.7. The van der Waals surface area contributed by atoms with E-state index < -0.39 is 45.3 Å². The summed E-state index contributed by atoms with van der Waals surface area (Å²) in [4.78, 5) is 48.2. The lowest BCUT2D eigenvalue weighted by Gasteiger charge is -2.58. The van der Waals surface area contributed by atoms with Crippen molar-refractivity contribution in [1.29, 1.82) is 0 Å². The molecule has 7 atom stereocenters. The molecule has 1 aliphatic rings. The Labute approximate surface area is 324 Å². The van der Waals surface area contributed by atoms with Crippen LogP contribution in [0.25, 0.3) is 0 Å². The molecule has 0 radical (unpaired) electrons. The highest BCUT2D eigenvalue weighted by molar-refractivity contribution is 5.84. The number of carboxylic acid groups (broad SMARTS) is 1. The molecule has 1 heterocycles. The minimum absolute atomic E-state index is 0.171. The lowest BCUT2D eigenvalue weighted by molar-refractivity contribution is -0.348. The maximum Gasteiger partial charge on any atom is 0.309 e. The number of rotatable bonds is 21. The van der Waals surface area contributed by atoms with Crippen molar-refractivity contribution in [2.75, 3.05) is 6.61 Å². The third-order valence-corrected chi connectivity index (χ3v) is 14.7. The summed E-state index contributed by atoms with van der Waals surface area (Å²) in [6, 6.07) is 10.5. The number of hydrogen-bond donors (Lipinski definition) is 1. The molecule has 0 aromatic heterocycles. The molecule has 0 spiro atoms. The number of piperidine rings is 1. The average molecular weight is 742 g/mol. The molecule has 7 heteroatoms. The van der Waals surface area contributed by atoms with E-state index in [4.69, 9.17) is 9.57 Å². The molecule has 1 N–H and O–H groups in total. The van der Waals surface area contributed by atoms with E-state index >= 15 is 0 Å². The van der Waals surface area contributed by atoms with Gasteiger partial charge in [0.2, 0.25) is 0 Å². The molecule has 7 nitrogen and oxygen atoms in total. The predicted molar refractivity (Wildman–Crippen MR) is 217 cm³/mol. The Morgan fingerprint density at radius 1 is 0.925 bits per heavy atom. The van der Waals surface area contributed by atoms with Crippen molar-refractivity contribution in [2.24, 2.45) is 39.9 Å². The van der Waals surface area contributed by atoms with Crippen LogP contribution in [0.15, 0.2) is 30.3 Å². The molecule has 0 amide bonds. The lowest BCUT2D eigenvalue weighted by Crippen LogP contribution is -2.68. The SMILES string of the molecule is CCCCC(CC)COC(=O)C(CC(C)(C)C(C)c1ccccc1)C(C)(C)C(C)(C)CC(C(=O)O)C(C)(C)ON1C(C)(CC)CC(=O)C(C)C1(C)CC. The molecular weight excluding hydrogens is 663 g/mol. The zero-order chi connectivity index (χ0) is 40.8. The first-order valence-electron chi connectivity index (χ1n) is 20.8. The van der Waals surface area contributed by atoms with Crippen LogP contribution in [0.4, 0.5) is 0 Å². The first-order chi connectivity index (χ1) is 24.3. The summed E-state index contributed by atoms with van der Waals surface area (Å²) in [7, 11) is 0. The third-order valence-electron chi connectivity index (χ3n) is 14.7. The fourth-order valence-electron chi connectivity index (χ4n) is 8.57. The topological polar surface area (TPSA) is 93.1 Å². The monoisotopic (exact) mass is 742 g/mol. The van der Waals surface area contributed by atoms with Gasteiger partial charge in [0.15, 0.2) is 0 Å². The van der Waals surface area contributed by atoms with Gasteiger partial charge in [0.25, 0.3) is 0 Å². The third kappa shape index (κ3) is 10.5. The van der Waals surface area contributed by atoms with Crippen LogP contribution < -0.4 is 0 Å². The van der Waals surface area contributed by atoms with Gasteiger partial charge in [-0.1, -0.05) is 133 Å². The van der Waals surface area contributed by atoms with Crippen LogP contribution in [0.3, 0.4) is 0 Å². The second kappa shape index (κ2) is 18.1. The summed E-state index contributed by atoms with van der Waals surface area (Å²) >= 11 is 0. The molecule has 7 unspecified atom stereocenters. The smallest absolute Gasteiger partial charge is 0.309 e. The number of carbonyl (C=O) groups is 3. The van der Waals surface area contributed by atoms with Crippen molar-refractivity contribution in [3.63, 3.8) is 0 Å². The summed E-state index contributed by atoms with van der Waals surface area (Å²) < 4.78 is 6.26. The molecule has 1 aromatic rings. The number of carboxylic acids is 1. The minimum atomic E-state index is -1.13. The number of carbonyl (C=O) groups excluding carboxylic acids is 2. The van der Waals surface area contributed by atoms with Gasteiger partial charge in [0.05, 0.1) is 35.1 Å². The van der Waals surface area contributed by atoms with Gasteiger partial charge in [-0.3, -0.25) is 19.2 Å². The highest BCUT2D eigenvalue weighted by Gasteiger charge is 2.57. The zero-order valence-electron chi connectivity index (χ0n) is 36.8. The molecule has 53 heavy (non-hydrogen) atoms. The van der Waals surface area contributed by atoms with E-state index in [1.807, 2.05) is 31.9 Å². The number of unbranched alkanes of at least 4 members (excludes halogenated alkanes) is 1. The Balaban J connectivity index is 2.58. The van der Waals surface area contributed by atoms with E-state index in [1.165, 1.54) is 5.56 Å². The van der Waals surface area contributed by atoms with Crippen molar-refractivity contribution >= 4 is 17.7 Å². The summed E-state index contributed by atoms with van der Waals surface area (Å²) in [6.07, 6.45) is 6.79. The van der Waals surface area contributed by atoms with Gasteiger partial charge in [0, 0.05) is 12.3 Å². The van der Waals surface area contributed by atoms with E-state index in [9.17, 15) is 19.5 Å². The fraction of sp³-hybridized carbons (Fsp3) is 0.804. The number of hydrogen-bond acceptors (Lipinski definition) is 6. The van der Waals surface area contributed by atoms with Gasteiger partial charge in [-0.2, -0.15) is 5.06 Å². The number of ketones is 1. The van der Waals surface area contributed by atoms with E-state index in [1.54, 1.807) is 0 Å². The van der Waals surface area contributed by atoms with Gasteiger partial charge in [-0.15, -0.1) is 0 Å². The molecule has 1 aromatic carbocycles. The van der Waals surface area contributed by atoms with Crippen molar-refractivity contribution in [3.8, 4) is 0 Å². The number of esters is 1. The van der Waals surface area contributed by atoms with Gasteiger partial charge < -0.3 is 9.84 Å². The minimum Gasteiger partial charge on any atom is -0.481 e. The van der Waals surface area contributed by atoms with Gasteiger partial charge in [0.1, 0.15) is 5.78 Å². The van der Waals surface area contributed by atoms with Crippen molar-refractivity contribution in [1.82, 2.24) is 5.06 Å². The number of Topliss-reactive ketones (excluding diaryl/α,β-unsaturated/α-hetero) is 1. The standard InChI is InChI=1S/C46H79NO6/c1-17-21-25-34(18-2)31-52-40(51)37(28-41(7,8)32(5)35-26-23-22-24-27-35)43(11,12)42(9,10)29-36(39(49)50)44(13,14)53-47-45(15,19-3)30-38(48)33(6)46(47,16)20-4/h22-24,26-27,32-34,36-37H,17-21,25,28-31H2,1-16H3,(H,49,50). The highest BCUT2D eigenvalue weighted by Crippen LogP contribution is 2.55. The number of ether oxygens (including phenoxy) is 1. The Hall–Kier alpha value is -2.25. The van der Waals surface area contributed by atoms with E-state index in [2.05, 4.69) is 114 Å². The lowest BCUT2D eigenvalue weighted by atomic mass is 9.54. The van der Waals surface area contributed by atoms with Crippen LogP contribution in [0.1, 0.15) is 180 Å². The Kier molecular flexibility index (Phi) is 16.0.